The number of fused-ring (bicyclic) bond motifs is 2. The van der Waals surface area contributed by atoms with E-state index in [0.29, 0.717) is 12.0 Å². The lowest BCUT2D eigenvalue weighted by Gasteiger charge is -2.32. The predicted octanol–water partition coefficient (Wildman–Crippen LogP) is 3.77. The van der Waals surface area contributed by atoms with E-state index in [1.54, 1.807) is 0 Å². The lowest BCUT2D eigenvalue weighted by molar-refractivity contribution is 0.485. The molecule has 0 bridgehead atoms. The van der Waals surface area contributed by atoms with Crippen LogP contribution in [0.15, 0.2) is 35.8 Å². The first-order chi connectivity index (χ1) is 9.38. The highest BCUT2D eigenvalue weighted by atomic mass is 14.8. The molecule has 1 aliphatic carbocycles. The van der Waals surface area contributed by atoms with Crippen LogP contribution in [0.4, 0.5) is 0 Å². The molecule has 2 aromatic rings. The highest BCUT2D eigenvalue weighted by Crippen LogP contribution is 2.42. The molecule has 0 radical (unpaired) electrons. The molecule has 1 N–H and O–H groups in total. The van der Waals surface area contributed by atoms with Gasteiger partial charge in [-0.1, -0.05) is 18.2 Å². The lowest BCUT2D eigenvalue weighted by Crippen LogP contribution is -2.26. The minimum Gasteiger partial charge on any atom is -0.358 e. The number of benzene rings is 1. The third kappa shape index (κ3) is 1.52. The fraction of sp³-hybridized carbons (Fsp3) is 0.353. The SMILES string of the molecule is C=CCc1[nH]c2cccc3c2c1C[C@H]1N=CCCC31. The number of nitrogens with one attached hydrogen (secondary N) is 1. The monoisotopic (exact) mass is 250 g/mol. The Bertz CT molecular complexity index is 678. The molecule has 1 aromatic carbocycles. The van der Waals surface area contributed by atoms with Crippen LogP contribution in [-0.4, -0.2) is 17.2 Å². The quantitative estimate of drug-likeness (QED) is 0.786. The van der Waals surface area contributed by atoms with E-state index in [1.165, 1.54) is 34.1 Å². The van der Waals surface area contributed by atoms with Gasteiger partial charge in [0, 0.05) is 28.9 Å². The van der Waals surface area contributed by atoms with Crippen molar-refractivity contribution in [1.82, 2.24) is 4.98 Å². The first-order valence-electron chi connectivity index (χ1n) is 7.13. The van der Waals surface area contributed by atoms with Crippen molar-refractivity contribution in [3.8, 4) is 0 Å². The summed E-state index contributed by atoms with van der Waals surface area (Å²) in [5.74, 6) is 0.619. The predicted molar refractivity (Wildman–Crippen MR) is 80.2 cm³/mol. The molecule has 1 aromatic heterocycles. The van der Waals surface area contributed by atoms with Crippen molar-refractivity contribution in [1.29, 1.82) is 0 Å². The average molecular weight is 250 g/mol. The fourth-order valence-corrected chi connectivity index (χ4v) is 3.78. The van der Waals surface area contributed by atoms with Crippen LogP contribution in [0.25, 0.3) is 10.9 Å². The maximum atomic E-state index is 4.75. The topological polar surface area (TPSA) is 28.1 Å². The normalized spacial score (nSPS) is 24.4. The summed E-state index contributed by atoms with van der Waals surface area (Å²) in [5.41, 5.74) is 5.60. The molecule has 0 saturated heterocycles. The van der Waals surface area contributed by atoms with Gasteiger partial charge in [-0.3, -0.25) is 4.99 Å². The average Bonchev–Trinajstić information content (AvgIpc) is 2.79. The van der Waals surface area contributed by atoms with Crippen LogP contribution in [-0.2, 0) is 12.8 Å². The van der Waals surface area contributed by atoms with Gasteiger partial charge in [-0.15, -0.1) is 6.58 Å². The molecular weight excluding hydrogens is 232 g/mol. The van der Waals surface area contributed by atoms with Crippen molar-refractivity contribution >= 4 is 17.1 Å². The molecule has 2 aliphatic rings. The smallest absolute Gasteiger partial charge is 0.0605 e. The number of rotatable bonds is 2. The van der Waals surface area contributed by atoms with E-state index in [4.69, 9.17) is 4.99 Å². The molecular formula is C17H18N2. The second kappa shape index (κ2) is 4.09. The lowest BCUT2D eigenvalue weighted by atomic mass is 9.76. The van der Waals surface area contributed by atoms with E-state index in [-0.39, 0.29) is 0 Å². The molecule has 0 fully saturated rings. The highest BCUT2D eigenvalue weighted by molar-refractivity contribution is 5.90. The second-order valence-corrected chi connectivity index (χ2v) is 5.63. The van der Waals surface area contributed by atoms with Gasteiger partial charge in [0.05, 0.1) is 6.04 Å². The van der Waals surface area contributed by atoms with E-state index in [0.717, 1.165) is 19.3 Å². The van der Waals surface area contributed by atoms with E-state index in [1.807, 2.05) is 6.08 Å². The number of aromatic nitrogens is 1. The number of hydrogen-bond acceptors (Lipinski definition) is 1. The van der Waals surface area contributed by atoms with E-state index >= 15 is 0 Å². The van der Waals surface area contributed by atoms with Gasteiger partial charge in [0.1, 0.15) is 0 Å². The van der Waals surface area contributed by atoms with Crippen LogP contribution < -0.4 is 0 Å². The van der Waals surface area contributed by atoms with Crippen LogP contribution in [0.3, 0.4) is 0 Å². The number of allylic oxidation sites excluding steroid dienone is 1. The first-order valence-corrected chi connectivity index (χ1v) is 7.13. The standard InChI is InChI=1S/C17H18N2/c1-2-5-14-13-10-16-11(7-4-9-18-16)12-6-3-8-15(19-14)17(12)13/h2-3,6,8-9,11,16,19H,1,4-5,7,10H2/t11?,16-/m1/s1. The van der Waals surface area contributed by atoms with Crippen molar-refractivity contribution in [3.05, 3.63) is 47.7 Å². The number of hydrogen-bond donors (Lipinski definition) is 1. The van der Waals surface area contributed by atoms with Gasteiger partial charge in [-0.05, 0) is 42.7 Å². The molecule has 1 unspecified atom stereocenters. The van der Waals surface area contributed by atoms with Gasteiger partial charge in [-0.25, -0.2) is 0 Å². The molecule has 0 amide bonds. The third-order valence-electron chi connectivity index (χ3n) is 4.58. The molecule has 0 spiro atoms. The zero-order valence-corrected chi connectivity index (χ0v) is 11.0. The van der Waals surface area contributed by atoms with Crippen LogP contribution in [0.5, 0.6) is 0 Å². The summed E-state index contributed by atoms with van der Waals surface area (Å²) in [6.45, 7) is 3.87. The van der Waals surface area contributed by atoms with Gasteiger partial charge in [0.25, 0.3) is 0 Å². The van der Waals surface area contributed by atoms with E-state index in [2.05, 4.69) is 36.0 Å². The Labute approximate surface area is 113 Å². The van der Waals surface area contributed by atoms with Gasteiger partial charge in [0.2, 0.25) is 0 Å². The Kier molecular flexibility index (Phi) is 2.37. The summed E-state index contributed by atoms with van der Waals surface area (Å²) in [4.78, 5) is 8.34. The number of aromatic amines is 1. The van der Waals surface area contributed by atoms with Crippen molar-refractivity contribution in [2.75, 3.05) is 0 Å². The molecule has 19 heavy (non-hydrogen) atoms. The summed E-state index contributed by atoms with van der Waals surface area (Å²) < 4.78 is 0. The zero-order chi connectivity index (χ0) is 12.8. The minimum absolute atomic E-state index is 0.450. The van der Waals surface area contributed by atoms with E-state index in [9.17, 15) is 0 Å². The Morgan fingerprint density at radius 2 is 2.37 bits per heavy atom. The summed E-state index contributed by atoms with van der Waals surface area (Å²) in [5, 5.41) is 1.47. The Morgan fingerprint density at radius 1 is 1.42 bits per heavy atom. The maximum absolute atomic E-state index is 4.75. The van der Waals surface area contributed by atoms with Crippen LogP contribution in [0.2, 0.25) is 0 Å². The van der Waals surface area contributed by atoms with Crippen LogP contribution >= 0.6 is 0 Å². The minimum atomic E-state index is 0.450. The molecule has 2 heterocycles. The number of H-pyrrole nitrogens is 1. The van der Waals surface area contributed by atoms with E-state index < -0.39 is 0 Å². The maximum Gasteiger partial charge on any atom is 0.0605 e. The van der Waals surface area contributed by atoms with Crippen molar-refractivity contribution in [3.63, 3.8) is 0 Å². The van der Waals surface area contributed by atoms with Gasteiger partial charge in [0.15, 0.2) is 0 Å². The van der Waals surface area contributed by atoms with Gasteiger partial charge < -0.3 is 4.98 Å². The fourth-order valence-electron chi connectivity index (χ4n) is 3.78. The largest absolute Gasteiger partial charge is 0.358 e. The van der Waals surface area contributed by atoms with Gasteiger partial charge >= 0.3 is 0 Å². The second-order valence-electron chi connectivity index (χ2n) is 5.63. The molecule has 4 rings (SSSR count). The Hall–Kier alpha value is -1.83. The summed E-state index contributed by atoms with van der Waals surface area (Å²) in [6.07, 6.45) is 8.47. The van der Waals surface area contributed by atoms with Gasteiger partial charge in [-0.2, -0.15) is 0 Å². The first kappa shape index (κ1) is 11.0. The zero-order valence-electron chi connectivity index (χ0n) is 11.0. The van der Waals surface area contributed by atoms with Crippen LogP contribution in [0, 0.1) is 0 Å². The summed E-state index contributed by atoms with van der Waals surface area (Å²) in [7, 11) is 0. The van der Waals surface area contributed by atoms with Crippen LogP contribution in [0.1, 0.15) is 35.6 Å². The molecule has 2 nitrogen and oxygen atoms in total. The number of aliphatic imine (C=N–C) groups is 1. The highest BCUT2D eigenvalue weighted by Gasteiger charge is 2.33. The Balaban J connectivity index is 1.98. The Morgan fingerprint density at radius 3 is 3.26 bits per heavy atom. The van der Waals surface area contributed by atoms with Crippen molar-refractivity contribution in [2.45, 2.75) is 37.6 Å². The molecule has 1 aliphatic heterocycles. The summed E-state index contributed by atoms with van der Waals surface area (Å²) >= 11 is 0. The molecule has 96 valence electrons. The summed E-state index contributed by atoms with van der Waals surface area (Å²) in [6, 6.07) is 7.12. The molecule has 0 saturated carbocycles. The third-order valence-corrected chi connectivity index (χ3v) is 4.58. The molecule has 2 atom stereocenters. The van der Waals surface area contributed by atoms with Crippen molar-refractivity contribution < 1.29 is 0 Å². The number of nitrogens with zero attached hydrogens (tertiary/aromatic N) is 1. The molecule has 2 heteroatoms. The van der Waals surface area contributed by atoms with Crippen molar-refractivity contribution in [2.24, 2.45) is 4.99 Å².